The van der Waals surface area contributed by atoms with Crippen LogP contribution in [-0.4, -0.2) is 54.7 Å². The summed E-state index contributed by atoms with van der Waals surface area (Å²) in [6.07, 6.45) is -0.00473. The Balaban J connectivity index is 0.00000312. The van der Waals surface area contributed by atoms with Crippen molar-refractivity contribution in [2.24, 2.45) is 5.16 Å². The van der Waals surface area contributed by atoms with E-state index in [1.165, 1.54) is 7.11 Å². The van der Waals surface area contributed by atoms with Crippen molar-refractivity contribution in [1.82, 2.24) is 9.62 Å². The van der Waals surface area contributed by atoms with Crippen molar-refractivity contribution >= 4 is 28.5 Å². The molecule has 1 fully saturated rings. The molecule has 0 aliphatic carbocycles. The Morgan fingerprint density at radius 2 is 2.04 bits per heavy atom. The number of nitrogens with zero attached hydrogens (tertiary/aromatic N) is 2. The summed E-state index contributed by atoms with van der Waals surface area (Å²) < 4.78 is 38.1. The number of alkyl carbamates (subject to hydrolysis) is 1. The summed E-state index contributed by atoms with van der Waals surface area (Å²) in [7, 11) is -3.83. The van der Waals surface area contributed by atoms with Crippen LogP contribution in [0.4, 0.5) is 4.79 Å². The number of benzene rings is 1. The Morgan fingerprint density at radius 1 is 1.40 bits per heavy atom. The predicted octanol–water partition coefficient (Wildman–Crippen LogP) is -3.41. The van der Waals surface area contributed by atoms with Gasteiger partial charge >= 0.3 is 35.7 Å². The van der Waals surface area contributed by atoms with Crippen LogP contribution in [0.3, 0.4) is 0 Å². The molecular weight excluding hydrogens is 365 g/mol. The van der Waals surface area contributed by atoms with Gasteiger partial charge in [-0.05, 0) is 5.56 Å². The van der Waals surface area contributed by atoms with E-state index in [2.05, 4.69) is 15.3 Å². The molecule has 130 valence electrons. The molecule has 1 aliphatic rings. The van der Waals surface area contributed by atoms with Gasteiger partial charge in [0.15, 0.2) is 10.3 Å². The predicted molar refractivity (Wildman–Crippen MR) is 79.4 cm³/mol. The van der Waals surface area contributed by atoms with Crippen molar-refractivity contribution < 1.29 is 61.7 Å². The molecule has 0 saturated carbocycles. The summed E-state index contributed by atoms with van der Waals surface area (Å²) in [5.41, 5.74) is 0.730. The van der Waals surface area contributed by atoms with Crippen molar-refractivity contribution in [3.8, 4) is 0 Å². The van der Waals surface area contributed by atoms with Crippen molar-refractivity contribution in [2.75, 3.05) is 7.11 Å². The summed E-state index contributed by atoms with van der Waals surface area (Å²) >= 11 is 0. The zero-order valence-electron chi connectivity index (χ0n) is 13.5. The first-order valence-electron chi connectivity index (χ1n) is 6.67. The van der Waals surface area contributed by atoms with Gasteiger partial charge in [-0.2, -0.15) is 0 Å². The first-order chi connectivity index (χ1) is 11.3. The number of hydrogen-bond donors (Lipinski definition) is 1. The zero-order chi connectivity index (χ0) is 17.7. The van der Waals surface area contributed by atoms with E-state index >= 15 is 0 Å². The molecule has 1 N–H and O–H groups in total. The molecular formula is C13H14N3NaO7S. The molecule has 1 aliphatic heterocycles. The van der Waals surface area contributed by atoms with Crippen molar-refractivity contribution in [3.63, 3.8) is 0 Å². The molecule has 0 bridgehead atoms. The van der Waals surface area contributed by atoms with Gasteiger partial charge in [-0.1, -0.05) is 35.5 Å². The Hall–Kier alpha value is -1.66. The smallest absolute Gasteiger partial charge is 0.731 e. The Labute approximate surface area is 166 Å². The minimum Gasteiger partial charge on any atom is -0.731 e. The second-order valence-corrected chi connectivity index (χ2v) is 5.95. The number of β-lactam (4-membered cyclic amide) rings is 1. The number of rotatable bonds is 6. The van der Waals surface area contributed by atoms with Crippen LogP contribution in [0.2, 0.25) is 0 Å². The average molecular weight is 379 g/mol. The first kappa shape index (κ1) is 21.4. The zero-order valence-corrected chi connectivity index (χ0v) is 16.3. The topological polar surface area (TPSA) is 137 Å². The van der Waals surface area contributed by atoms with Crippen LogP contribution < -0.4 is 34.9 Å². The maximum absolute atomic E-state index is 11.8. The average Bonchev–Trinajstić information content (AvgIpc) is 2.54. The summed E-state index contributed by atoms with van der Waals surface area (Å²) in [5, 5.41) is 5.52. The summed E-state index contributed by atoms with van der Waals surface area (Å²) in [6, 6.07) is 6.25. The molecule has 1 aromatic rings. The van der Waals surface area contributed by atoms with Gasteiger partial charge in [-0.15, -0.1) is 0 Å². The third-order valence-corrected chi connectivity index (χ3v) is 4.05. The second-order valence-electron chi connectivity index (χ2n) is 4.70. The fraction of sp³-hybridized carbons (Fsp3) is 0.308. The summed E-state index contributed by atoms with van der Waals surface area (Å²) in [6.45, 7) is -0.0338. The van der Waals surface area contributed by atoms with Gasteiger partial charge < -0.3 is 19.4 Å². The molecule has 0 unspecified atom stereocenters. The molecule has 2 amide bonds. The second kappa shape index (κ2) is 9.15. The number of amides is 2. The fourth-order valence-electron chi connectivity index (χ4n) is 2.05. The SMILES string of the molecule is CON=C[C@@H]1[C@H](NC(=O)OCc2ccccc2)C(=O)N1S(=O)(=O)[O-].[Na+]. The van der Waals surface area contributed by atoms with Gasteiger partial charge in [0.25, 0.3) is 5.91 Å². The van der Waals surface area contributed by atoms with Gasteiger partial charge in [0.1, 0.15) is 25.8 Å². The van der Waals surface area contributed by atoms with E-state index in [9.17, 15) is 22.6 Å². The molecule has 0 radical (unpaired) electrons. The Morgan fingerprint density at radius 3 is 2.60 bits per heavy atom. The van der Waals surface area contributed by atoms with Crippen molar-refractivity contribution in [3.05, 3.63) is 35.9 Å². The summed E-state index contributed by atoms with van der Waals surface area (Å²) in [4.78, 5) is 27.9. The molecule has 0 aromatic heterocycles. The third-order valence-electron chi connectivity index (χ3n) is 3.14. The van der Waals surface area contributed by atoms with Crippen LogP contribution in [0.25, 0.3) is 0 Å². The van der Waals surface area contributed by atoms with E-state index in [0.717, 1.165) is 11.8 Å². The van der Waals surface area contributed by atoms with Gasteiger partial charge in [-0.25, -0.2) is 17.5 Å². The maximum atomic E-state index is 11.8. The van der Waals surface area contributed by atoms with E-state index in [1.54, 1.807) is 30.3 Å². The van der Waals surface area contributed by atoms with E-state index in [-0.39, 0.29) is 40.5 Å². The van der Waals surface area contributed by atoms with Gasteiger partial charge in [0.05, 0.1) is 6.21 Å². The maximum Gasteiger partial charge on any atom is 1.00 e. The molecule has 2 rings (SSSR count). The first-order valence-corrected chi connectivity index (χ1v) is 8.04. The molecule has 1 aromatic carbocycles. The van der Waals surface area contributed by atoms with Crippen LogP contribution in [-0.2, 0) is 31.3 Å². The van der Waals surface area contributed by atoms with Crippen LogP contribution in [0.15, 0.2) is 35.5 Å². The van der Waals surface area contributed by atoms with Crippen LogP contribution in [0, 0.1) is 0 Å². The van der Waals surface area contributed by atoms with Gasteiger partial charge in [-0.3, -0.25) is 4.79 Å². The normalized spacial score (nSPS) is 19.8. The number of nitrogens with one attached hydrogen (secondary N) is 1. The summed E-state index contributed by atoms with van der Waals surface area (Å²) in [5.74, 6) is -1.07. The minimum atomic E-state index is -5.02. The molecule has 1 heterocycles. The quantitative estimate of drug-likeness (QED) is 0.179. The minimum absolute atomic E-state index is 0. The molecule has 0 spiro atoms. The number of hydrogen-bond acceptors (Lipinski definition) is 8. The van der Waals surface area contributed by atoms with Crippen molar-refractivity contribution in [1.29, 1.82) is 0 Å². The molecule has 2 atom stereocenters. The molecule has 10 nitrogen and oxygen atoms in total. The third kappa shape index (κ3) is 5.41. The largest absolute Gasteiger partial charge is 1.00 e. The number of ether oxygens (including phenoxy) is 1. The fourth-order valence-corrected chi connectivity index (χ4v) is 2.86. The van der Waals surface area contributed by atoms with E-state index in [0.29, 0.717) is 0 Å². The van der Waals surface area contributed by atoms with Crippen LogP contribution in [0.5, 0.6) is 0 Å². The monoisotopic (exact) mass is 379 g/mol. The molecule has 1 saturated heterocycles. The standard InChI is InChI=1S/C13H15N3O7S.Na/c1-22-14-7-10-11(12(17)16(10)24(19,20)21)15-13(18)23-8-9-5-3-2-4-6-9;/h2-7,10-11H,8H2,1H3,(H,15,18)(H,19,20,21);/q;+1/p-1/t10-,11+;/m1./s1. The van der Waals surface area contributed by atoms with Crippen molar-refractivity contribution in [2.45, 2.75) is 18.7 Å². The van der Waals surface area contributed by atoms with E-state index < -0.39 is 34.4 Å². The van der Waals surface area contributed by atoms with E-state index in [4.69, 9.17) is 4.74 Å². The van der Waals surface area contributed by atoms with Gasteiger partial charge in [0, 0.05) is 0 Å². The Bertz CT molecular complexity index is 741. The van der Waals surface area contributed by atoms with Crippen LogP contribution >= 0.6 is 0 Å². The number of oxime groups is 1. The molecule has 12 heteroatoms. The Kier molecular flexibility index (Phi) is 7.83. The molecule has 25 heavy (non-hydrogen) atoms. The van der Waals surface area contributed by atoms with E-state index in [1.807, 2.05) is 0 Å². The van der Waals surface area contributed by atoms with Crippen LogP contribution in [0.1, 0.15) is 5.56 Å². The van der Waals surface area contributed by atoms with Gasteiger partial charge in [0.2, 0.25) is 0 Å². The number of carbonyl (C=O) groups excluding carboxylic acids is 2. The number of carbonyl (C=O) groups is 2.